The van der Waals surface area contributed by atoms with Crippen LogP contribution in [0.2, 0.25) is 0 Å². The number of fused-ring (bicyclic) bond motifs is 1. The number of aromatic nitrogens is 3. The molecular weight excluding hydrogens is 366 g/mol. The predicted octanol–water partition coefficient (Wildman–Crippen LogP) is 3.01. The molecule has 7 heteroatoms. The van der Waals surface area contributed by atoms with Gasteiger partial charge in [-0.05, 0) is 41.8 Å². The Hall–Kier alpha value is -3.61. The van der Waals surface area contributed by atoms with Crippen LogP contribution in [0.25, 0.3) is 11.4 Å². The summed E-state index contributed by atoms with van der Waals surface area (Å²) in [6, 6.07) is 9.61. The fourth-order valence-electron chi connectivity index (χ4n) is 3.37. The number of rotatable bonds is 5. The van der Waals surface area contributed by atoms with Crippen LogP contribution in [0.1, 0.15) is 36.3 Å². The number of nitrogens with zero attached hydrogens (tertiary/aromatic N) is 4. The van der Waals surface area contributed by atoms with Crippen molar-refractivity contribution in [2.24, 2.45) is 0 Å². The molecule has 1 N–H and O–H groups in total. The van der Waals surface area contributed by atoms with Gasteiger partial charge in [0.1, 0.15) is 0 Å². The number of carbonyl (C=O) groups excluding carboxylic acids is 2. The Kier molecular flexibility index (Phi) is 5.29. The third-order valence-electron chi connectivity index (χ3n) is 4.93. The SMILES string of the molecule is CCC(=O)N1CCc2cc(-c3ncc(C(=O)NCc4cccnc4)cn3)ccc21.[HH]. The second-order valence-electron chi connectivity index (χ2n) is 6.83. The fourth-order valence-corrected chi connectivity index (χ4v) is 3.37. The highest BCUT2D eigenvalue weighted by Crippen LogP contribution is 2.31. The van der Waals surface area contributed by atoms with Gasteiger partial charge in [-0.15, -0.1) is 0 Å². The summed E-state index contributed by atoms with van der Waals surface area (Å²) >= 11 is 0. The number of amides is 2. The van der Waals surface area contributed by atoms with E-state index in [4.69, 9.17) is 0 Å². The molecule has 2 aromatic heterocycles. The van der Waals surface area contributed by atoms with E-state index in [2.05, 4.69) is 20.3 Å². The molecule has 2 amide bonds. The normalized spacial score (nSPS) is 12.5. The highest BCUT2D eigenvalue weighted by atomic mass is 16.2. The van der Waals surface area contributed by atoms with Crippen LogP contribution in [0.4, 0.5) is 5.69 Å². The fraction of sp³-hybridized carbons (Fsp3) is 0.227. The summed E-state index contributed by atoms with van der Waals surface area (Å²) in [4.78, 5) is 38.9. The first-order valence-corrected chi connectivity index (χ1v) is 9.58. The van der Waals surface area contributed by atoms with E-state index >= 15 is 0 Å². The van der Waals surface area contributed by atoms with Gasteiger partial charge in [0.25, 0.3) is 5.91 Å². The number of carbonyl (C=O) groups is 2. The lowest BCUT2D eigenvalue weighted by Crippen LogP contribution is -2.27. The van der Waals surface area contributed by atoms with Gasteiger partial charge in [0.05, 0.1) is 5.56 Å². The molecule has 0 aliphatic carbocycles. The number of hydrogen-bond donors (Lipinski definition) is 1. The molecule has 0 unspecified atom stereocenters. The molecule has 3 aromatic rings. The maximum Gasteiger partial charge on any atom is 0.254 e. The zero-order valence-electron chi connectivity index (χ0n) is 16.1. The molecule has 1 aliphatic heterocycles. The Bertz CT molecular complexity index is 1040. The van der Waals surface area contributed by atoms with Crippen molar-refractivity contribution < 1.29 is 11.0 Å². The Morgan fingerprint density at radius 3 is 2.72 bits per heavy atom. The van der Waals surface area contributed by atoms with E-state index in [-0.39, 0.29) is 13.2 Å². The first-order chi connectivity index (χ1) is 14.2. The van der Waals surface area contributed by atoms with Crippen molar-refractivity contribution in [2.75, 3.05) is 11.4 Å². The third-order valence-corrected chi connectivity index (χ3v) is 4.93. The first kappa shape index (κ1) is 18.7. The maximum absolute atomic E-state index is 12.3. The lowest BCUT2D eigenvalue weighted by atomic mass is 10.1. The Morgan fingerprint density at radius 1 is 1.17 bits per heavy atom. The van der Waals surface area contributed by atoms with Crippen LogP contribution in [0.3, 0.4) is 0 Å². The van der Waals surface area contributed by atoms with E-state index in [0.717, 1.165) is 28.8 Å². The van der Waals surface area contributed by atoms with E-state index < -0.39 is 0 Å². The minimum atomic E-state index is -0.233. The molecule has 148 valence electrons. The lowest BCUT2D eigenvalue weighted by Gasteiger charge is -2.16. The summed E-state index contributed by atoms with van der Waals surface area (Å²) < 4.78 is 0. The summed E-state index contributed by atoms with van der Waals surface area (Å²) in [6.45, 7) is 2.98. The van der Waals surface area contributed by atoms with Crippen molar-refractivity contribution in [3.05, 3.63) is 71.8 Å². The minimum Gasteiger partial charge on any atom is -0.348 e. The third kappa shape index (κ3) is 3.99. The highest BCUT2D eigenvalue weighted by molar-refractivity contribution is 5.96. The van der Waals surface area contributed by atoms with Gasteiger partial charge in [0, 0.05) is 57.0 Å². The van der Waals surface area contributed by atoms with Gasteiger partial charge in [-0.3, -0.25) is 14.6 Å². The summed E-state index contributed by atoms with van der Waals surface area (Å²) in [7, 11) is 0. The number of nitrogens with one attached hydrogen (secondary N) is 1. The molecule has 0 radical (unpaired) electrons. The van der Waals surface area contributed by atoms with Gasteiger partial charge in [-0.1, -0.05) is 13.0 Å². The van der Waals surface area contributed by atoms with Crippen molar-refractivity contribution in [3.8, 4) is 11.4 Å². The van der Waals surface area contributed by atoms with E-state index in [1.807, 2.05) is 42.2 Å². The van der Waals surface area contributed by atoms with Gasteiger partial charge >= 0.3 is 0 Å². The van der Waals surface area contributed by atoms with Gasteiger partial charge in [0.2, 0.25) is 5.91 Å². The molecule has 29 heavy (non-hydrogen) atoms. The minimum absolute atomic E-state index is 0. The number of pyridine rings is 1. The van der Waals surface area contributed by atoms with Crippen molar-refractivity contribution in [2.45, 2.75) is 26.3 Å². The number of benzene rings is 1. The second kappa shape index (κ2) is 8.18. The van der Waals surface area contributed by atoms with Crippen molar-refractivity contribution in [1.29, 1.82) is 0 Å². The summed E-state index contributed by atoms with van der Waals surface area (Å²) in [5.41, 5.74) is 4.28. The van der Waals surface area contributed by atoms with Crippen LogP contribution in [0.15, 0.2) is 55.1 Å². The highest BCUT2D eigenvalue weighted by Gasteiger charge is 2.24. The van der Waals surface area contributed by atoms with Crippen LogP contribution in [0, 0.1) is 0 Å². The number of anilines is 1. The molecule has 7 nitrogen and oxygen atoms in total. The molecule has 1 aliphatic rings. The van der Waals surface area contributed by atoms with Gasteiger partial charge in [0.15, 0.2) is 5.82 Å². The van der Waals surface area contributed by atoms with E-state index in [0.29, 0.717) is 30.9 Å². The summed E-state index contributed by atoms with van der Waals surface area (Å²) in [5, 5.41) is 2.83. The lowest BCUT2D eigenvalue weighted by molar-refractivity contribution is -0.118. The van der Waals surface area contributed by atoms with Gasteiger partial charge in [-0.2, -0.15) is 0 Å². The van der Waals surface area contributed by atoms with Crippen LogP contribution in [-0.4, -0.2) is 33.3 Å². The Balaban J connectivity index is 0.00000256. The Morgan fingerprint density at radius 2 is 2.00 bits per heavy atom. The molecule has 3 heterocycles. The topological polar surface area (TPSA) is 88.1 Å². The van der Waals surface area contributed by atoms with Crippen LogP contribution in [-0.2, 0) is 17.8 Å². The monoisotopic (exact) mass is 389 g/mol. The molecule has 0 bridgehead atoms. The second-order valence-corrected chi connectivity index (χ2v) is 6.83. The zero-order chi connectivity index (χ0) is 20.2. The molecular formula is C22H23N5O2. The molecule has 1 aromatic carbocycles. The largest absolute Gasteiger partial charge is 0.348 e. The average Bonchev–Trinajstić information content (AvgIpc) is 3.21. The predicted molar refractivity (Wildman–Crippen MR) is 111 cm³/mol. The molecule has 4 rings (SSSR count). The van der Waals surface area contributed by atoms with E-state index in [9.17, 15) is 9.59 Å². The van der Waals surface area contributed by atoms with Crippen molar-refractivity contribution in [1.82, 2.24) is 20.3 Å². The van der Waals surface area contributed by atoms with Crippen molar-refractivity contribution >= 4 is 17.5 Å². The van der Waals surface area contributed by atoms with Gasteiger partial charge in [-0.25, -0.2) is 9.97 Å². The first-order valence-electron chi connectivity index (χ1n) is 9.58. The molecule has 0 atom stereocenters. The standard InChI is InChI=1S/C22H21N5O2.H2/c1-2-20(28)27-9-7-16-10-17(5-6-19(16)27)21-24-13-18(14-25-21)22(29)26-12-15-4-3-8-23-11-15;/h3-6,8,10-11,13-14H,2,7,9,12H2,1H3,(H,26,29);1H. The molecule has 0 saturated carbocycles. The molecule has 0 saturated heterocycles. The van der Waals surface area contributed by atoms with E-state index in [1.54, 1.807) is 12.4 Å². The number of hydrogen-bond acceptors (Lipinski definition) is 5. The van der Waals surface area contributed by atoms with Gasteiger partial charge < -0.3 is 10.2 Å². The summed E-state index contributed by atoms with van der Waals surface area (Å²) in [6.07, 6.45) is 7.78. The average molecular weight is 389 g/mol. The molecule has 0 fully saturated rings. The molecule has 0 spiro atoms. The smallest absolute Gasteiger partial charge is 0.254 e. The van der Waals surface area contributed by atoms with Crippen molar-refractivity contribution in [3.63, 3.8) is 0 Å². The van der Waals surface area contributed by atoms with E-state index in [1.165, 1.54) is 12.4 Å². The van der Waals surface area contributed by atoms with Crippen LogP contribution >= 0.6 is 0 Å². The zero-order valence-corrected chi connectivity index (χ0v) is 16.1. The van der Waals surface area contributed by atoms with Crippen LogP contribution in [0.5, 0.6) is 0 Å². The maximum atomic E-state index is 12.3. The quantitative estimate of drug-likeness (QED) is 0.725. The summed E-state index contributed by atoms with van der Waals surface area (Å²) in [5.74, 6) is 0.453. The Labute approximate surface area is 170 Å². The van der Waals surface area contributed by atoms with Crippen LogP contribution < -0.4 is 10.2 Å².